The third-order valence-electron chi connectivity index (χ3n) is 4.88. The smallest absolute Gasteiger partial charge is 0.0116 e. The first-order valence-corrected chi connectivity index (χ1v) is 6.56. The topological polar surface area (TPSA) is 26.0 Å². The van der Waals surface area contributed by atoms with Crippen molar-refractivity contribution in [2.75, 3.05) is 0 Å². The summed E-state index contributed by atoms with van der Waals surface area (Å²) < 4.78 is 0. The molecule has 86 valence electrons. The first-order valence-electron chi connectivity index (χ1n) is 6.56. The minimum Gasteiger partial charge on any atom is -0.327 e. The fourth-order valence-electron chi connectivity index (χ4n) is 4.03. The minimum atomic E-state index is 0.354. The van der Waals surface area contributed by atoms with Crippen LogP contribution in [0.2, 0.25) is 0 Å². The highest BCUT2D eigenvalue weighted by Crippen LogP contribution is 2.49. The summed E-state index contributed by atoms with van der Waals surface area (Å²) in [4.78, 5) is 0. The molecule has 1 aromatic carbocycles. The number of nitrogens with two attached hydrogens (primary N) is 1. The van der Waals surface area contributed by atoms with E-state index in [1.54, 1.807) is 5.56 Å². The van der Waals surface area contributed by atoms with E-state index in [0.717, 1.165) is 6.42 Å². The van der Waals surface area contributed by atoms with Crippen LogP contribution in [0.15, 0.2) is 24.3 Å². The van der Waals surface area contributed by atoms with Crippen molar-refractivity contribution in [1.82, 2.24) is 0 Å². The first kappa shape index (κ1) is 10.3. The van der Waals surface area contributed by atoms with Gasteiger partial charge >= 0.3 is 0 Å². The Morgan fingerprint density at radius 2 is 2.06 bits per heavy atom. The Hall–Kier alpha value is -0.820. The summed E-state index contributed by atoms with van der Waals surface area (Å²) in [6.45, 7) is 2.44. The summed E-state index contributed by atoms with van der Waals surface area (Å²) >= 11 is 0. The van der Waals surface area contributed by atoms with E-state index in [1.165, 1.54) is 31.2 Å². The molecule has 1 nitrogen and oxygen atoms in total. The second-order valence-electron chi connectivity index (χ2n) is 5.79. The van der Waals surface area contributed by atoms with Crippen molar-refractivity contribution in [3.63, 3.8) is 0 Å². The van der Waals surface area contributed by atoms with Gasteiger partial charge in [-0.3, -0.25) is 0 Å². The van der Waals surface area contributed by atoms with E-state index in [1.807, 2.05) is 0 Å². The average Bonchev–Trinajstić information content (AvgIpc) is 2.29. The van der Waals surface area contributed by atoms with Crippen LogP contribution in [0.25, 0.3) is 0 Å². The van der Waals surface area contributed by atoms with Crippen molar-refractivity contribution in [1.29, 1.82) is 0 Å². The normalized spacial score (nSPS) is 37.6. The Morgan fingerprint density at radius 1 is 1.25 bits per heavy atom. The quantitative estimate of drug-likeness (QED) is 0.707. The van der Waals surface area contributed by atoms with Gasteiger partial charge in [-0.25, -0.2) is 0 Å². The van der Waals surface area contributed by atoms with E-state index in [2.05, 4.69) is 31.2 Å². The molecule has 2 aliphatic carbocycles. The molecule has 0 bridgehead atoms. The van der Waals surface area contributed by atoms with Gasteiger partial charge in [-0.1, -0.05) is 44.0 Å². The molecule has 2 N–H and O–H groups in total. The summed E-state index contributed by atoms with van der Waals surface area (Å²) in [6, 6.07) is 9.32. The van der Waals surface area contributed by atoms with Gasteiger partial charge in [0.2, 0.25) is 0 Å². The number of hydrogen-bond donors (Lipinski definition) is 1. The molecular weight excluding hydrogens is 194 g/mol. The van der Waals surface area contributed by atoms with E-state index in [0.29, 0.717) is 17.4 Å². The fraction of sp³-hybridized carbons (Fsp3) is 0.600. The fourth-order valence-corrected chi connectivity index (χ4v) is 4.03. The van der Waals surface area contributed by atoms with Crippen molar-refractivity contribution < 1.29 is 0 Å². The van der Waals surface area contributed by atoms with E-state index in [9.17, 15) is 0 Å². The highest BCUT2D eigenvalue weighted by molar-refractivity contribution is 5.39. The van der Waals surface area contributed by atoms with Gasteiger partial charge in [0, 0.05) is 6.04 Å². The second kappa shape index (κ2) is 3.59. The third-order valence-corrected chi connectivity index (χ3v) is 4.88. The molecule has 1 aromatic rings. The zero-order valence-electron chi connectivity index (χ0n) is 10.1. The molecule has 0 heterocycles. The molecule has 3 atom stereocenters. The molecule has 1 fully saturated rings. The largest absolute Gasteiger partial charge is 0.327 e. The molecule has 3 rings (SSSR count). The number of hydrogen-bond acceptors (Lipinski definition) is 1. The maximum absolute atomic E-state index is 6.39. The Balaban J connectivity index is 2.12. The van der Waals surface area contributed by atoms with Crippen LogP contribution in [-0.2, 0) is 11.8 Å². The molecule has 0 spiro atoms. The van der Waals surface area contributed by atoms with Crippen molar-refractivity contribution in [3.05, 3.63) is 35.4 Å². The molecule has 1 heteroatoms. The van der Waals surface area contributed by atoms with Crippen LogP contribution in [0.5, 0.6) is 0 Å². The van der Waals surface area contributed by atoms with E-state index in [-0.39, 0.29) is 0 Å². The van der Waals surface area contributed by atoms with Gasteiger partial charge in [-0.15, -0.1) is 0 Å². The predicted octanol–water partition coefficient (Wildman–Crippen LogP) is 3.02. The van der Waals surface area contributed by atoms with E-state index < -0.39 is 0 Å². The molecule has 2 aliphatic rings. The lowest BCUT2D eigenvalue weighted by Gasteiger charge is -2.49. The van der Waals surface area contributed by atoms with Crippen LogP contribution < -0.4 is 5.73 Å². The van der Waals surface area contributed by atoms with Gasteiger partial charge in [-0.05, 0) is 41.7 Å². The van der Waals surface area contributed by atoms with Gasteiger partial charge in [0.15, 0.2) is 0 Å². The Labute approximate surface area is 98.0 Å². The highest BCUT2D eigenvalue weighted by atomic mass is 14.7. The maximum Gasteiger partial charge on any atom is 0.0116 e. The highest BCUT2D eigenvalue weighted by Gasteiger charge is 2.44. The average molecular weight is 215 g/mol. The van der Waals surface area contributed by atoms with Crippen molar-refractivity contribution >= 4 is 0 Å². The van der Waals surface area contributed by atoms with Crippen LogP contribution >= 0.6 is 0 Å². The standard InChI is InChI=1S/C15H21N/c1-15-9-5-4-8-13(15)14(16)10-11-6-2-3-7-12(11)15/h2-3,6-7,13-14H,4-5,8-10,16H2,1H3. The monoisotopic (exact) mass is 215 g/mol. The van der Waals surface area contributed by atoms with Gasteiger partial charge in [0.25, 0.3) is 0 Å². The van der Waals surface area contributed by atoms with Crippen molar-refractivity contribution in [2.45, 2.75) is 50.5 Å². The van der Waals surface area contributed by atoms with Crippen LogP contribution in [0.4, 0.5) is 0 Å². The summed E-state index contributed by atoms with van der Waals surface area (Å²) in [7, 11) is 0. The molecule has 0 amide bonds. The number of fused-ring (bicyclic) bond motifs is 3. The van der Waals surface area contributed by atoms with Crippen LogP contribution in [-0.4, -0.2) is 6.04 Å². The van der Waals surface area contributed by atoms with Gasteiger partial charge in [-0.2, -0.15) is 0 Å². The molecule has 16 heavy (non-hydrogen) atoms. The molecule has 0 radical (unpaired) electrons. The minimum absolute atomic E-state index is 0.354. The summed E-state index contributed by atoms with van der Waals surface area (Å²) in [5.74, 6) is 0.705. The molecule has 1 saturated carbocycles. The molecule has 0 aromatic heterocycles. The lowest BCUT2D eigenvalue weighted by molar-refractivity contribution is 0.156. The Kier molecular flexibility index (Phi) is 2.32. The van der Waals surface area contributed by atoms with Crippen LogP contribution in [0.3, 0.4) is 0 Å². The lowest BCUT2D eigenvalue weighted by atomic mass is 9.57. The van der Waals surface area contributed by atoms with Crippen molar-refractivity contribution in [3.8, 4) is 0 Å². The van der Waals surface area contributed by atoms with Crippen LogP contribution in [0, 0.1) is 5.92 Å². The van der Waals surface area contributed by atoms with Gasteiger partial charge < -0.3 is 5.73 Å². The zero-order chi connectivity index (χ0) is 11.2. The number of benzene rings is 1. The molecular formula is C15H21N. The van der Waals surface area contributed by atoms with Crippen molar-refractivity contribution in [2.24, 2.45) is 11.7 Å². The first-order chi connectivity index (χ1) is 7.72. The second-order valence-corrected chi connectivity index (χ2v) is 5.79. The molecule has 3 unspecified atom stereocenters. The Bertz CT molecular complexity index is 398. The van der Waals surface area contributed by atoms with Crippen LogP contribution in [0.1, 0.15) is 43.7 Å². The zero-order valence-corrected chi connectivity index (χ0v) is 10.1. The van der Waals surface area contributed by atoms with E-state index >= 15 is 0 Å². The Morgan fingerprint density at radius 3 is 2.94 bits per heavy atom. The number of rotatable bonds is 0. The van der Waals surface area contributed by atoms with Gasteiger partial charge in [0.05, 0.1) is 0 Å². The van der Waals surface area contributed by atoms with E-state index in [4.69, 9.17) is 5.73 Å². The third kappa shape index (κ3) is 1.34. The molecule has 0 saturated heterocycles. The molecule has 0 aliphatic heterocycles. The summed E-state index contributed by atoms with van der Waals surface area (Å²) in [5, 5.41) is 0. The summed E-state index contributed by atoms with van der Waals surface area (Å²) in [6.07, 6.45) is 6.47. The lowest BCUT2D eigenvalue weighted by Crippen LogP contribution is -2.50. The maximum atomic E-state index is 6.39. The van der Waals surface area contributed by atoms with Gasteiger partial charge in [0.1, 0.15) is 0 Å². The summed E-state index contributed by atoms with van der Waals surface area (Å²) in [5.41, 5.74) is 9.82. The predicted molar refractivity (Wildman–Crippen MR) is 67.4 cm³/mol. The SMILES string of the molecule is CC12CCCCC1C(N)Cc1ccccc12.